The highest BCUT2D eigenvalue weighted by atomic mass is 15.1. The number of anilines is 2. The molecule has 1 aromatic heterocycles. The third-order valence-electron chi connectivity index (χ3n) is 14.8. The van der Waals surface area contributed by atoms with Crippen molar-refractivity contribution < 1.29 is 0 Å². The van der Waals surface area contributed by atoms with Crippen molar-refractivity contribution in [2.24, 2.45) is 0 Å². The molecule has 0 N–H and O–H groups in total. The highest BCUT2D eigenvalue weighted by Crippen LogP contribution is 2.52. The predicted molar refractivity (Wildman–Crippen MR) is 317 cm³/mol. The van der Waals surface area contributed by atoms with E-state index in [1.165, 1.54) is 94.7 Å². The summed E-state index contributed by atoms with van der Waals surface area (Å²) in [7, 11) is 0. The minimum Gasteiger partial charge on any atom is -0.336 e. The van der Waals surface area contributed by atoms with Crippen LogP contribution in [0.25, 0.3) is 55.4 Å². The van der Waals surface area contributed by atoms with Gasteiger partial charge in [0.2, 0.25) is 0 Å². The normalized spacial score (nSPS) is 16.3. The molecule has 0 saturated carbocycles. The summed E-state index contributed by atoms with van der Waals surface area (Å²) >= 11 is 0. The van der Waals surface area contributed by atoms with E-state index in [0.717, 1.165) is 56.4 Å². The molecule has 0 spiro atoms. The number of nitrogens with zero attached hydrogens (tertiary/aromatic N) is 2. The molecule has 73 heavy (non-hydrogen) atoms. The molecule has 362 valence electrons. The summed E-state index contributed by atoms with van der Waals surface area (Å²) in [6, 6.07) is 41.3. The van der Waals surface area contributed by atoms with Gasteiger partial charge in [-0.1, -0.05) is 202 Å². The van der Waals surface area contributed by atoms with Crippen molar-refractivity contribution in [3.05, 3.63) is 276 Å². The molecule has 0 radical (unpaired) electrons. The van der Waals surface area contributed by atoms with Crippen molar-refractivity contribution in [3.8, 4) is 33.4 Å². The average Bonchev–Trinajstić information content (AvgIpc) is 3.57. The fourth-order valence-corrected chi connectivity index (χ4v) is 11.1. The molecule has 1 heterocycles. The van der Waals surface area contributed by atoms with Crippen LogP contribution in [0.1, 0.15) is 95.5 Å². The van der Waals surface area contributed by atoms with Crippen LogP contribution in [0.4, 0.5) is 11.4 Å². The van der Waals surface area contributed by atoms with E-state index in [9.17, 15) is 0 Å². The molecule has 5 aromatic carbocycles. The summed E-state index contributed by atoms with van der Waals surface area (Å²) < 4.78 is 2.54. The molecule has 0 bridgehead atoms. The summed E-state index contributed by atoms with van der Waals surface area (Å²) in [5.74, 6) is 0. The van der Waals surface area contributed by atoms with Crippen molar-refractivity contribution in [1.29, 1.82) is 0 Å². The van der Waals surface area contributed by atoms with E-state index < -0.39 is 0 Å². The fraction of sp³-hybridized carbons (Fsp3) is 0.183. The second kappa shape index (κ2) is 22.2. The van der Waals surface area contributed by atoms with Gasteiger partial charge in [-0.15, -0.1) is 0 Å². The van der Waals surface area contributed by atoms with Gasteiger partial charge in [0.25, 0.3) is 0 Å². The maximum absolute atomic E-state index is 2.54. The van der Waals surface area contributed by atoms with Gasteiger partial charge in [0.05, 0.1) is 5.69 Å². The topological polar surface area (TPSA) is 8.17 Å². The lowest BCUT2D eigenvalue weighted by Gasteiger charge is -2.29. The van der Waals surface area contributed by atoms with Crippen LogP contribution in [-0.2, 0) is 12.0 Å². The van der Waals surface area contributed by atoms with Crippen LogP contribution in [0.2, 0.25) is 0 Å². The van der Waals surface area contributed by atoms with Crippen molar-refractivity contribution in [2.45, 2.75) is 85.1 Å². The second-order valence-electron chi connectivity index (χ2n) is 20.0. The quantitative estimate of drug-likeness (QED) is 0.0736. The second-order valence-corrected chi connectivity index (χ2v) is 20.0. The Morgan fingerprint density at radius 3 is 2.18 bits per heavy atom. The third-order valence-corrected chi connectivity index (χ3v) is 14.8. The molecule has 6 aromatic rings. The lowest BCUT2D eigenvalue weighted by atomic mass is 9.81. The van der Waals surface area contributed by atoms with Crippen LogP contribution in [0, 0.1) is 0 Å². The summed E-state index contributed by atoms with van der Waals surface area (Å²) in [6.45, 7) is 11.9. The van der Waals surface area contributed by atoms with Gasteiger partial charge in [0, 0.05) is 45.5 Å². The first-order valence-corrected chi connectivity index (χ1v) is 26.5. The van der Waals surface area contributed by atoms with Crippen molar-refractivity contribution >= 4 is 33.4 Å². The van der Waals surface area contributed by atoms with Crippen molar-refractivity contribution in [3.63, 3.8) is 0 Å². The highest BCUT2D eigenvalue weighted by molar-refractivity contribution is 6.04. The molecule has 2 nitrogen and oxygen atoms in total. The first kappa shape index (κ1) is 48.7. The zero-order chi connectivity index (χ0) is 50.2. The summed E-state index contributed by atoms with van der Waals surface area (Å²) in [5, 5.41) is 1.27. The van der Waals surface area contributed by atoms with Crippen LogP contribution in [-0.4, -0.2) is 4.57 Å². The summed E-state index contributed by atoms with van der Waals surface area (Å²) in [5.41, 5.74) is 22.4. The summed E-state index contributed by atoms with van der Waals surface area (Å²) in [6.07, 6.45) is 53.5. The Balaban J connectivity index is 1.04. The highest BCUT2D eigenvalue weighted by Gasteiger charge is 2.36. The van der Waals surface area contributed by atoms with Gasteiger partial charge in [-0.2, -0.15) is 0 Å². The Hall–Kier alpha value is -7.94. The molecule has 0 atom stereocenters. The molecule has 2 heteroatoms. The maximum Gasteiger partial charge on any atom is 0.0570 e. The van der Waals surface area contributed by atoms with Gasteiger partial charge in [-0.3, -0.25) is 0 Å². The maximum atomic E-state index is 2.54. The van der Waals surface area contributed by atoms with Gasteiger partial charge in [-0.05, 0) is 175 Å². The van der Waals surface area contributed by atoms with Gasteiger partial charge in [-0.25, -0.2) is 0 Å². The molecule has 0 saturated heterocycles. The SMILES string of the molecule is C\C=C/C=C(\C=C/C)c1c(C2=CCCC=C2)n(C/C=C\C/C=C\C)c2ccc(-c3ccc4c(c3)C(C)(C)c3cc(N(C5=CCC=C(CC6=CC=CCC=C6)C=C5)c5ccc(-c6ccccc6)cc5)ccc3-4)cc12. The third kappa shape index (κ3) is 10.3. The number of hydrogen-bond acceptors (Lipinski definition) is 1. The number of aromatic nitrogens is 1. The number of rotatable bonds is 15. The van der Waals surface area contributed by atoms with Gasteiger partial charge in [0.1, 0.15) is 0 Å². The van der Waals surface area contributed by atoms with Crippen LogP contribution in [0.5, 0.6) is 0 Å². The Kier molecular flexibility index (Phi) is 14.8. The number of fused-ring (bicyclic) bond motifs is 4. The zero-order valence-corrected chi connectivity index (χ0v) is 43.4. The molecule has 0 aliphatic heterocycles. The van der Waals surface area contributed by atoms with Crippen LogP contribution in [0.3, 0.4) is 0 Å². The van der Waals surface area contributed by atoms with Gasteiger partial charge < -0.3 is 9.47 Å². The number of hydrogen-bond donors (Lipinski definition) is 0. The fourth-order valence-electron chi connectivity index (χ4n) is 11.1. The van der Waals surface area contributed by atoms with E-state index in [0.29, 0.717) is 0 Å². The van der Waals surface area contributed by atoms with E-state index in [-0.39, 0.29) is 5.41 Å². The molecular weight excluding hydrogens is 881 g/mol. The Morgan fingerprint density at radius 1 is 0.616 bits per heavy atom. The van der Waals surface area contributed by atoms with Crippen LogP contribution in [0.15, 0.2) is 254 Å². The lowest BCUT2D eigenvalue weighted by Crippen LogP contribution is -2.18. The van der Waals surface area contributed by atoms with E-state index >= 15 is 0 Å². The molecule has 4 aliphatic rings. The Morgan fingerprint density at radius 2 is 1.38 bits per heavy atom. The minimum atomic E-state index is -0.241. The molecule has 10 rings (SSSR count). The molecule has 0 fully saturated rings. The van der Waals surface area contributed by atoms with Crippen LogP contribution >= 0.6 is 0 Å². The Labute approximate surface area is 435 Å². The number of allylic oxidation sites excluding steroid dienone is 25. The van der Waals surface area contributed by atoms with Crippen LogP contribution < -0.4 is 4.90 Å². The van der Waals surface area contributed by atoms with E-state index in [2.05, 4.69) is 281 Å². The van der Waals surface area contributed by atoms with Gasteiger partial charge in [0.15, 0.2) is 0 Å². The van der Waals surface area contributed by atoms with E-state index in [4.69, 9.17) is 0 Å². The largest absolute Gasteiger partial charge is 0.336 e. The molecular formula is C71H68N2. The van der Waals surface area contributed by atoms with E-state index in [1.54, 1.807) is 0 Å². The number of benzene rings is 5. The first-order chi connectivity index (χ1) is 35.9. The minimum absolute atomic E-state index is 0.241. The summed E-state index contributed by atoms with van der Waals surface area (Å²) in [4.78, 5) is 2.46. The average molecular weight is 949 g/mol. The standard InChI is InChI=1S/C71H68N2/c1-6-9-11-14-23-47-72-68-46-39-58(49-65(68)69(56(25-8-3)29-10-7-2)70(72)57-32-21-16-22-33-57)59-38-44-63-64-45-43-62(51-67(64)71(4,5)66(63)50-59)73(61-41-36-55(37-42-61)54-30-19-15-20-31-54)60-34-24-28-53(35-40-60)48-52-26-17-12-13-18-27-52/h6-10,12,14-15,17-21,23,25-46,49-51H,11,13,16,22,24,47-48H2,1-5H3/b9-6-,10-7-,23-14-,25-8-,56-29+. The first-order valence-electron chi connectivity index (χ1n) is 26.5. The predicted octanol–water partition coefficient (Wildman–Crippen LogP) is 19.8. The molecule has 0 unspecified atom stereocenters. The molecule has 4 aliphatic carbocycles. The van der Waals surface area contributed by atoms with Gasteiger partial charge >= 0.3 is 0 Å². The Bertz CT molecular complexity index is 3440. The van der Waals surface area contributed by atoms with Crippen molar-refractivity contribution in [1.82, 2.24) is 4.57 Å². The molecule has 0 amide bonds. The van der Waals surface area contributed by atoms with Crippen molar-refractivity contribution in [2.75, 3.05) is 4.90 Å². The smallest absolute Gasteiger partial charge is 0.0570 e. The lowest BCUT2D eigenvalue weighted by molar-refractivity contribution is 0.660. The monoisotopic (exact) mass is 949 g/mol. The van der Waals surface area contributed by atoms with E-state index in [1.807, 2.05) is 0 Å². The zero-order valence-electron chi connectivity index (χ0n) is 43.4.